The summed E-state index contributed by atoms with van der Waals surface area (Å²) in [4.78, 5) is 30.1. The van der Waals surface area contributed by atoms with Gasteiger partial charge in [0, 0.05) is 11.7 Å². The molecule has 4 aromatic rings. The topological polar surface area (TPSA) is 119 Å². The van der Waals surface area contributed by atoms with Gasteiger partial charge in [0.1, 0.15) is 18.1 Å². The molecule has 36 heavy (non-hydrogen) atoms. The summed E-state index contributed by atoms with van der Waals surface area (Å²) in [5, 5.41) is 15.5. The molecule has 1 atom stereocenters. The number of carbonyl (C=O) groups is 2. The fourth-order valence-electron chi connectivity index (χ4n) is 4.55. The highest BCUT2D eigenvalue weighted by molar-refractivity contribution is 6.01. The number of nitrogens with one attached hydrogen (secondary N) is 1. The Morgan fingerprint density at radius 2 is 1.97 bits per heavy atom. The van der Waals surface area contributed by atoms with Gasteiger partial charge in [-0.05, 0) is 73.9 Å². The maximum absolute atomic E-state index is 13.8. The summed E-state index contributed by atoms with van der Waals surface area (Å²) in [7, 11) is 0. The number of nitrogens with zero attached hydrogens (tertiary/aromatic N) is 5. The van der Waals surface area contributed by atoms with E-state index >= 15 is 0 Å². The second-order valence-electron chi connectivity index (χ2n) is 9.06. The van der Waals surface area contributed by atoms with E-state index in [1.165, 1.54) is 16.0 Å². The van der Waals surface area contributed by atoms with Gasteiger partial charge in [0.15, 0.2) is 11.8 Å². The van der Waals surface area contributed by atoms with Crippen LogP contribution in [0.15, 0.2) is 63.6 Å². The van der Waals surface area contributed by atoms with Gasteiger partial charge in [-0.15, -0.1) is 10.2 Å². The third-order valence-electron chi connectivity index (χ3n) is 6.26. The zero-order valence-electron chi connectivity index (χ0n) is 20.3. The van der Waals surface area contributed by atoms with Gasteiger partial charge in [0.2, 0.25) is 5.82 Å². The number of tetrazole rings is 1. The molecule has 0 bridgehead atoms. The number of furan rings is 2. The standard InChI is InChI=1S/C26H28N6O4/c1-17-7-5-10-20(15-17)32(23(33)16-31-29-25(28-30-31)22-13-12-18(2)36-22)24(21-11-6-14-35-21)26(34)27-19-8-3-4-9-19/h5-7,10-15,19,24H,3-4,8-9,16H2,1-2H3,(H,27,34)/t24-/m1/s1. The van der Waals surface area contributed by atoms with Crippen LogP contribution < -0.4 is 10.2 Å². The lowest BCUT2D eigenvalue weighted by atomic mass is 10.1. The Morgan fingerprint density at radius 1 is 1.14 bits per heavy atom. The summed E-state index contributed by atoms with van der Waals surface area (Å²) < 4.78 is 11.2. The Balaban J connectivity index is 1.47. The van der Waals surface area contributed by atoms with E-state index in [1.807, 2.05) is 32.0 Å². The second kappa shape index (κ2) is 10.2. The molecule has 1 aromatic carbocycles. The van der Waals surface area contributed by atoms with Crippen LogP contribution in [0, 0.1) is 13.8 Å². The number of aryl methyl sites for hydroxylation is 2. The first kappa shape index (κ1) is 23.5. The van der Waals surface area contributed by atoms with Crippen molar-refractivity contribution in [3.05, 3.63) is 71.9 Å². The van der Waals surface area contributed by atoms with Crippen molar-refractivity contribution in [2.75, 3.05) is 4.90 Å². The molecule has 186 valence electrons. The number of carbonyl (C=O) groups excluding carboxylic acids is 2. The number of hydrogen-bond donors (Lipinski definition) is 1. The normalized spacial score (nSPS) is 14.6. The van der Waals surface area contributed by atoms with E-state index in [0.29, 0.717) is 17.2 Å². The van der Waals surface area contributed by atoms with Crippen molar-refractivity contribution in [3.63, 3.8) is 0 Å². The summed E-state index contributed by atoms with van der Waals surface area (Å²) >= 11 is 0. The van der Waals surface area contributed by atoms with E-state index in [1.54, 1.807) is 30.3 Å². The lowest BCUT2D eigenvalue weighted by Crippen LogP contribution is -2.47. The van der Waals surface area contributed by atoms with E-state index < -0.39 is 6.04 Å². The fourth-order valence-corrected chi connectivity index (χ4v) is 4.55. The van der Waals surface area contributed by atoms with Gasteiger partial charge in [-0.2, -0.15) is 4.80 Å². The van der Waals surface area contributed by atoms with Gasteiger partial charge < -0.3 is 14.2 Å². The Kier molecular flexibility index (Phi) is 6.66. The van der Waals surface area contributed by atoms with Gasteiger partial charge in [-0.1, -0.05) is 25.0 Å². The molecule has 1 aliphatic rings. The molecular weight excluding hydrogens is 460 g/mol. The second-order valence-corrected chi connectivity index (χ2v) is 9.06. The summed E-state index contributed by atoms with van der Waals surface area (Å²) in [5.74, 6) is 1.16. The van der Waals surface area contributed by atoms with Crippen LogP contribution in [0.1, 0.15) is 48.8 Å². The minimum Gasteiger partial charge on any atom is -0.467 e. The minimum atomic E-state index is -0.995. The smallest absolute Gasteiger partial charge is 0.251 e. The first-order valence-corrected chi connectivity index (χ1v) is 12.0. The average molecular weight is 489 g/mol. The molecule has 10 heteroatoms. The molecule has 1 N–H and O–H groups in total. The number of hydrogen-bond acceptors (Lipinski definition) is 7. The maximum atomic E-state index is 13.8. The summed E-state index contributed by atoms with van der Waals surface area (Å²) in [5.41, 5.74) is 1.53. The van der Waals surface area contributed by atoms with Crippen LogP contribution in [0.2, 0.25) is 0 Å². The third kappa shape index (κ3) is 5.07. The van der Waals surface area contributed by atoms with Gasteiger partial charge in [-0.3, -0.25) is 14.5 Å². The van der Waals surface area contributed by atoms with Crippen LogP contribution in [0.25, 0.3) is 11.6 Å². The molecule has 0 unspecified atom stereocenters. The lowest BCUT2D eigenvalue weighted by molar-refractivity contribution is -0.128. The van der Waals surface area contributed by atoms with Crippen LogP contribution in [0.4, 0.5) is 5.69 Å². The maximum Gasteiger partial charge on any atom is 0.251 e. The number of rotatable bonds is 8. The van der Waals surface area contributed by atoms with Gasteiger partial charge in [-0.25, -0.2) is 0 Å². The minimum absolute atomic E-state index is 0.0840. The van der Waals surface area contributed by atoms with Crippen molar-refractivity contribution in [3.8, 4) is 11.6 Å². The molecule has 1 fully saturated rings. The zero-order chi connectivity index (χ0) is 25.1. The number of aromatic nitrogens is 4. The summed E-state index contributed by atoms with van der Waals surface area (Å²) in [6, 6.07) is 13.5. The molecule has 10 nitrogen and oxygen atoms in total. The van der Waals surface area contributed by atoms with Crippen molar-refractivity contribution in [1.82, 2.24) is 25.5 Å². The van der Waals surface area contributed by atoms with Crippen LogP contribution in [-0.2, 0) is 16.1 Å². The van der Waals surface area contributed by atoms with Gasteiger partial charge >= 0.3 is 0 Å². The van der Waals surface area contributed by atoms with Gasteiger partial charge in [0.25, 0.3) is 11.8 Å². The molecule has 0 radical (unpaired) electrons. The summed E-state index contributed by atoms with van der Waals surface area (Å²) in [6.07, 6.45) is 5.50. The molecule has 5 rings (SSSR count). The third-order valence-corrected chi connectivity index (χ3v) is 6.26. The molecule has 1 saturated carbocycles. The van der Waals surface area contributed by atoms with Crippen LogP contribution >= 0.6 is 0 Å². The molecule has 0 saturated heterocycles. The molecule has 0 aliphatic heterocycles. The largest absolute Gasteiger partial charge is 0.467 e. The fraction of sp³-hybridized carbons (Fsp3) is 0.346. The van der Waals surface area contributed by atoms with Gasteiger partial charge in [0.05, 0.1) is 6.26 Å². The SMILES string of the molecule is Cc1cccc(N(C(=O)Cn2nnc(-c3ccc(C)o3)n2)[C@@H](C(=O)NC2CCCC2)c2ccco2)c1. The van der Waals surface area contributed by atoms with Crippen LogP contribution in [0.5, 0.6) is 0 Å². The first-order chi connectivity index (χ1) is 17.5. The van der Waals surface area contributed by atoms with Crippen LogP contribution in [-0.4, -0.2) is 38.1 Å². The number of benzene rings is 1. The Morgan fingerprint density at radius 3 is 2.67 bits per heavy atom. The molecule has 3 aromatic heterocycles. The summed E-state index contributed by atoms with van der Waals surface area (Å²) in [6.45, 7) is 3.53. The van der Waals surface area contributed by atoms with E-state index in [2.05, 4.69) is 20.7 Å². The van der Waals surface area contributed by atoms with Crippen LogP contribution in [0.3, 0.4) is 0 Å². The van der Waals surface area contributed by atoms with E-state index in [0.717, 1.165) is 37.0 Å². The molecular formula is C26H28N6O4. The quantitative estimate of drug-likeness (QED) is 0.398. The number of amides is 2. The highest BCUT2D eigenvalue weighted by Crippen LogP contribution is 2.30. The van der Waals surface area contributed by atoms with Crippen molar-refractivity contribution in [2.45, 2.75) is 58.2 Å². The average Bonchev–Trinajstić information content (AvgIpc) is 3.65. The van der Waals surface area contributed by atoms with E-state index in [9.17, 15) is 9.59 Å². The van der Waals surface area contributed by atoms with E-state index in [4.69, 9.17) is 8.83 Å². The predicted octanol–water partition coefficient (Wildman–Crippen LogP) is 3.98. The predicted molar refractivity (Wildman–Crippen MR) is 131 cm³/mol. The Hall–Kier alpha value is -4.21. The molecule has 3 heterocycles. The lowest BCUT2D eigenvalue weighted by Gasteiger charge is -2.30. The highest BCUT2D eigenvalue weighted by atomic mass is 16.3. The molecule has 1 aliphatic carbocycles. The first-order valence-electron chi connectivity index (χ1n) is 12.0. The molecule has 0 spiro atoms. The van der Waals surface area contributed by atoms with E-state index in [-0.39, 0.29) is 30.2 Å². The van der Waals surface area contributed by atoms with Crippen molar-refractivity contribution in [1.29, 1.82) is 0 Å². The van der Waals surface area contributed by atoms with Crippen molar-refractivity contribution in [2.24, 2.45) is 0 Å². The molecule has 2 amide bonds. The number of anilines is 1. The zero-order valence-corrected chi connectivity index (χ0v) is 20.3. The monoisotopic (exact) mass is 488 g/mol. The van der Waals surface area contributed by atoms with Crippen molar-refractivity contribution < 1.29 is 18.4 Å². The Bertz CT molecular complexity index is 1340. The highest BCUT2D eigenvalue weighted by Gasteiger charge is 2.36. The van der Waals surface area contributed by atoms with Crippen molar-refractivity contribution >= 4 is 17.5 Å². The Labute approximate surface area is 208 Å².